The lowest BCUT2D eigenvalue weighted by Gasteiger charge is -2.21. The number of aryl methyl sites for hydroxylation is 2. The van der Waals surface area contributed by atoms with Gasteiger partial charge in [-0.05, 0) is 78.5 Å². The van der Waals surface area contributed by atoms with Gasteiger partial charge in [-0.25, -0.2) is 0 Å². The maximum atomic E-state index is 5.95. The molecule has 0 heterocycles. The van der Waals surface area contributed by atoms with Gasteiger partial charge >= 0.3 is 0 Å². The van der Waals surface area contributed by atoms with E-state index in [0.717, 1.165) is 24.2 Å². The first-order valence-corrected chi connectivity index (χ1v) is 12.1. The molecule has 0 bridgehead atoms. The van der Waals surface area contributed by atoms with E-state index in [1.807, 2.05) is 0 Å². The molecule has 0 spiro atoms. The van der Waals surface area contributed by atoms with Gasteiger partial charge in [0.2, 0.25) is 0 Å². The van der Waals surface area contributed by atoms with Crippen molar-refractivity contribution in [3.05, 3.63) is 70.8 Å². The first-order chi connectivity index (χ1) is 14.2. The molecule has 0 saturated carbocycles. The van der Waals surface area contributed by atoms with E-state index in [2.05, 4.69) is 97.0 Å². The Labute approximate surface area is 187 Å². The summed E-state index contributed by atoms with van der Waals surface area (Å²) in [5, 5.41) is 0. The second kappa shape index (κ2) is 14.4. The maximum absolute atomic E-state index is 5.95. The Kier molecular flexibility index (Phi) is 12.7. The molecular weight excluding hydrogens is 362 g/mol. The summed E-state index contributed by atoms with van der Waals surface area (Å²) in [5.74, 6) is 2.56. The number of fused-ring (bicyclic) bond motifs is 2. The Hall–Kier alpha value is -1.60. The number of benzene rings is 2. The summed E-state index contributed by atoms with van der Waals surface area (Å²) in [6, 6.07) is 17.6. The van der Waals surface area contributed by atoms with Crippen LogP contribution in [-0.2, 0) is 19.3 Å². The molecule has 2 N–H and O–H groups in total. The third kappa shape index (κ3) is 11.0. The normalized spacial score (nSPS) is 19.1. The number of hydrogen-bond acceptors (Lipinski definition) is 1. The first-order valence-electron chi connectivity index (χ1n) is 12.1. The molecule has 2 aliphatic carbocycles. The molecular formula is C29H47N. The minimum atomic E-state index is 0.292. The molecule has 168 valence electrons. The highest BCUT2D eigenvalue weighted by Gasteiger charge is 2.15. The highest BCUT2D eigenvalue weighted by atomic mass is 14.6. The van der Waals surface area contributed by atoms with Gasteiger partial charge in [0.05, 0.1) is 0 Å². The Balaban J connectivity index is 0.000000224. The van der Waals surface area contributed by atoms with Crippen LogP contribution in [0.2, 0.25) is 0 Å². The average Bonchev–Trinajstić information content (AvgIpc) is 2.68. The lowest BCUT2D eigenvalue weighted by Crippen LogP contribution is -2.16. The molecule has 0 fully saturated rings. The average molecular weight is 410 g/mol. The van der Waals surface area contributed by atoms with E-state index in [0.29, 0.717) is 6.04 Å². The van der Waals surface area contributed by atoms with Crippen LogP contribution in [0.5, 0.6) is 0 Å². The second-order valence-electron chi connectivity index (χ2n) is 10.3. The van der Waals surface area contributed by atoms with Crippen molar-refractivity contribution < 1.29 is 0 Å². The van der Waals surface area contributed by atoms with Crippen LogP contribution in [0.1, 0.15) is 96.0 Å². The fourth-order valence-electron chi connectivity index (χ4n) is 3.67. The lowest BCUT2D eigenvalue weighted by atomic mass is 9.85. The van der Waals surface area contributed by atoms with Gasteiger partial charge in [0.1, 0.15) is 0 Å². The highest BCUT2D eigenvalue weighted by molar-refractivity contribution is 5.31. The summed E-state index contributed by atoms with van der Waals surface area (Å²) < 4.78 is 0. The van der Waals surface area contributed by atoms with Crippen molar-refractivity contribution in [2.45, 2.75) is 93.0 Å². The van der Waals surface area contributed by atoms with Gasteiger partial charge in [-0.3, -0.25) is 0 Å². The number of hydrogen-bond donors (Lipinski definition) is 1. The summed E-state index contributed by atoms with van der Waals surface area (Å²) in [5.41, 5.74) is 11.9. The molecule has 4 rings (SSSR count). The predicted octanol–water partition coefficient (Wildman–Crippen LogP) is 8.16. The third-order valence-corrected chi connectivity index (χ3v) is 5.01. The summed E-state index contributed by atoms with van der Waals surface area (Å²) in [6.45, 7) is 15.3. The summed E-state index contributed by atoms with van der Waals surface area (Å²) >= 11 is 0. The molecule has 2 aromatic carbocycles. The van der Waals surface area contributed by atoms with Gasteiger partial charge in [-0.15, -0.1) is 0 Å². The summed E-state index contributed by atoms with van der Waals surface area (Å²) in [7, 11) is 0. The van der Waals surface area contributed by atoms with Gasteiger partial charge in [0.25, 0.3) is 0 Å². The summed E-state index contributed by atoms with van der Waals surface area (Å²) in [4.78, 5) is 0. The molecule has 2 aromatic rings. The smallest absolute Gasteiger partial charge is 0.0297 e. The van der Waals surface area contributed by atoms with Crippen LogP contribution in [0.3, 0.4) is 0 Å². The maximum Gasteiger partial charge on any atom is 0.0297 e. The zero-order valence-electron chi connectivity index (χ0n) is 20.7. The minimum absolute atomic E-state index is 0.292. The van der Waals surface area contributed by atoms with Crippen LogP contribution >= 0.6 is 0 Å². The number of rotatable bonds is 0. The van der Waals surface area contributed by atoms with Crippen molar-refractivity contribution in [2.24, 2.45) is 23.5 Å². The van der Waals surface area contributed by atoms with Crippen LogP contribution in [-0.4, -0.2) is 0 Å². The fraction of sp³-hybridized carbons (Fsp3) is 0.586. The van der Waals surface area contributed by atoms with E-state index >= 15 is 0 Å². The van der Waals surface area contributed by atoms with Crippen LogP contribution in [0, 0.1) is 17.8 Å². The molecule has 30 heavy (non-hydrogen) atoms. The minimum Gasteiger partial charge on any atom is -0.324 e. The fourth-order valence-corrected chi connectivity index (χ4v) is 3.67. The number of nitrogens with two attached hydrogens (primary N) is 1. The van der Waals surface area contributed by atoms with Gasteiger partial charge < -0.3 is 5.73 Å². The topological polar surface area (TPSA) is 26.0 Å². The molecule has 1 heteroatoms. The van der Waals surface area contributed by atoms with E-state index in [4.69, 9.17) is 5.73 Å². The first kappa shape index (κ1) is 26.4. The van der Waals surface area contributed by atoms with Gasteiger partial charge in [-0.1, -0.05) is 97.0 Å². The third-order valence-electron chi connectivity index (χ3n) is 5.01. The standard InChI is InChI=1S/C11H14.C10H13N.2C4H10/c1-9-6-7-10-4-2-3-5-11(10)8-9;11-10-7-3-5-8-4-1-2-6-9(8)10;2*1-4(2)3/h2-5,9H,6-8H2,1H3;1-2,4,6,10H,3,5,7,11H2;2*4H,1-3H3. The Morgan fingerprint density at radius 3 is 1.77 bits per heavy atom. The Morgan fingerprint density at radius 2 is 1.20 bits per heavy atom. The van der Waals surface area contributed by atoms with E-state index in [9.17, 15) is 0 Å². The molecule has 2 atom stereocenters. The lowest BCUT2D eigenvalue weighted by molar-refractivity contribution is 0.501. The van der Waals surface area contributed by atoms with E-state index < -0.39 is 0 Å². The van der Waals surface area contributed by atoms with Crippen molar-refractivity contribution in [1.82, 2.24) is 0 Å². The molecule has 2 unspecified atom stereocenters. The van der Waals surface area contributed by atoms with Crippen LogP contribution in [0.4, 0.5) is 0 Å². The Morgan fingerprint density at radius 1 is 0.700 bits per heavy atom. The van der Waals surface area contributed by atoms with Crippen molar-refractivity contribution in [3.63, 3.8) is 0 Å². The monoisotopic (exact) mass is 409 g/mol. The largest absolute Gasteiger partial charge is 0.324 e. The van der Waals surface area contributed by atoms with Crippen molar-refractivity contribution in [3.8, 4) is 0 Å². The van der Waals surface area contributed by atoms with Crippen molar-refractivity contribution >= 4 is 0 Å². The van der Waals surface area contributed by atoms with Crippen molar-refractivity contribution in [1.29, 1.82) is 0 Å². The highest BCUT2D eigenvalue weighted by Crippen LogP contribution is 2.27. The van der Waals surface area contributed by atoms with Gasteiger partial charge in [0, 0.05) is 6.04 Å². The van der Waals surface area contributed by atoms with Crippen LogP contribution in [0.25, 0.3) is 0 Å². The molecule has 1 nitrogen and oxygen atoms in total. The predicted molar refractivity (Wildman–Crippen MR) is 135 cm³/mol. The van der Waals surface area contributed by atoms with Crippen LogP contribution in [0.15, 0.2) is 48.5 Å². The zero-order chi connectivity index (χ0) is 22.5. The SMILES string of the molecule is CC(C)C.CC(C)C.CC1CCc2ccccc2C1.NC1CCCc2ccccc21. The zero-order valence-corrected chi connectivity index (χ0v) is 20.7. The molecule has 2 aliphatic rings. The molecule has 0 saturated heterocycles. The van der Waals surface area contributed by atoms with E-state index in [1.165, 1.54) is 43.2 Å². The quantitative estimate of drug-likeness (QED) is 0.466. The summed E-state index contributed by atoms with van der Waals surface area (Å²) in [6.07, 6.45) is 7.56. The van der Waals surface area contributed by atoms with E-state index in [-0.39, 0.29) is 0 Å². The van der Waals surface area contributed by atoms with Crippen molar-refractivity contribution in [2.75, 3.05) is 0 Å². The molecule has 0 amide bonds. The van der Waals surface area contributed by atoms with Crippen LogP contribution < -0.4 is 5.73 Å². The molecule has 0 aromatic heterocycles. The Bertz CT molecular complexity index is 690. The molecule has 0 radical (unpaired) electrons. The van der Waals surface area contributed by atoms with Gasteiger partial charge in [-0.2, -0.15) is 0 Å². The second-order valence-corrected chi connectivity index (χ2v) is 10.3. The van der Waals surface area contributed by atoms with E-state index in [1.54, 1.807) is 11.1 Å². The molecule has 0 aliphatic heterocycles. The van der Waals surface area contributed by atoms with Gasteiger partial charge in [0.15, 0.2) is 0 Å².